The van der Waals surface area contributed by atoms with Gasteiger partial charge in [0.2, 0.25) is 0 Å². The zero-order valence-electron chi connectivity index (χ0n) is 6.93. The molecule has 0 spiro atoms. The molecule has 11 heavy (non-hydrogen) atoms. The van der Waals surface area contributed by atoms with Crippen LogP contribution < -0.4 is 29.6 Å². The Labute approximate surface area is 88.2 Å². The van der Waals surface area contributed by atoms with Gasteiger partial charge in [0.25, 0.3) is 10.1 Å². The van der Waals surface area contributed by atoms with Crippen LogP contribution in [0.3, 0.4) is 0 Å². The number of hydrogen-bond donors (Lipinski definition) is 1. The molecule has 0 aliphatic heterocycles. The molecule has 0 aliphatic rings. The van der Waals surface area contributed by atoms with E-state index < -0.39 is 10.1 Å². The molecule has 56 valence electrons. The quantitative estimate of drug-likeness (QED) is 0.384. The first-order valence-electron chi connectivity index (χ1n) is 2.48. The van der Waals surface area contributed by atoms with Crippen molar-refractivity contribution in [2.45, 2.75) is 4.90 Å². The van der Waals surface area contributed by atoms with E-state index in [9.17, 15) is 8.42 Å². The van der Waals surface area contributed by atoms with E-state index in [2.05, 4.69) is 4.98 Å². The summed E-state index contributed by atoms with van der Waals surface area (Å²) in [5.74, 6) is 0. The maximum Gasteiger partial charge on any atom is 1.00 e. The van der Waals surface area contributed by atoms with Crippen LogP contribution in [0.5, 0.6) is 0 Å². The molecule has 6 heteroatoms. The Morgan fingerprint density at radius 1 is 1.36 bits per heavy atom. The van der Waals surface area contributed by atoms with Gasteiger partial charge in [-0.25, -0.2) is 0 Å². The van der Waals surface area contributed by atoms with Crippen molar-refractivity contribution in [2.75, 3.05) is 0 Å². The van der Waals surface area contributed by atoms with Gasteiger partial charge >= 0.3 is 29.6 Å². The number of nitrogens with zero attached hydrogens (tertiary/aromatic N) is 1. The van der Waals surface area contributed by atoms with Crippen molar-refractivity contribution in [2.24, 2.45) is 0 Å². The molecule has 1 aromatic rings. The molecule has 0 saturated heterocycles. The molecule has 0 radical (unpaired) electrons. The van der Waals surface area contributed by atoms with Crippen LogP contribution in [0.25, 0.3) is 0 Å². The van der Waals surface area contributed by atoms with Crippen LogP contribution in [0.4, 0.5) is 0 Å². The van der Waals surface area contributed by atoms with Crippen molar-refractivity contribution < 1.29 is 44.0 Å². The molecule has 0 aromatic carbocycles. The van der Waals surface area contributed by atoms with Gasteiger partial charge in [0.1, 0.15) is 0 Å². The van der Waals surface area contributed by atoms with E-state index in [-0.39, 0.29) is 35.9 Å². The maximum absolute atomic E-state index is 10.4. The van der Waals surface area contributed by atoms with E-state index in [0.29, 0.717) is 0 Å². The minimum Gasteiger partial charge on any atom is -1.00 e. The Balaban J connectivity index is 0. The van der Waals surface area contributed by atoms with Gasteiger partial charge in [0.15, 0.2) is 0 Å². The van der Waals surface area contributed by atoms with Gasteiger partial charge in [-0.3, -0.25) is 9.54 Å². The second-order valence-electron chi connectivity index (χ2n) is 1.66. The van der Waals surface area contributed by atoms with Crippen LogP contribution >= 0.6 is 0 Å². The SMILES string of the molecule is O=S(=O)(O)c1ccncc1.[H-].[Na+]. The topological polar surface area (TPSA) is 67.3 Å². The molecule has 1 N–H and O–H groups in total. The minimum atomic E-state index is -4.04. The molecule has 1 rings (SSSR count). The first-order chi connectivity index (χ1) is 4.61. The van der Waals surface area contributed by atoms with Crippen molar-refractivity contribution in [3.8, 4) is 0 Å². The monoisotopic (exact) mass is 183 g/mol. The fraction of sp³-hybridized carbons (Fsp3) is 0. The van der Waals surface area contributed by atoms with Crippen molar-refractivity contribution in [3.63, 3.8) is 0 Å². The molecule has 0 saturated carbocycles. The minimum absolute atomic E-state index is 0. The third-order valence-electron chi connectivity index (χ3n) is 0.948. The summed E-state index contributed by atoms with van der Waals surface area (Å²) in [5, 5.41) is 0. The van der Waals surface area contributed by atoms with Crippen LogP contribution in [0.2, 0.25) is 0 Å². The largest absolute Gasteiger partial charge is 1.00 e. The van der Waals surface area contributed by atoms with Crippen LogP contribution in [0.1, 0.15) is 1.43 Å². The molecular formula is C5H6NNaO3S. The summed E-state index contributed by atoms with van der Waals surface area (Å²) in [7, 11) is -4.04. The van der Waals surface area contributed by atoms with E-state index in [1.165, 1.54) is 24.5 Å². The zero-order chi connectivity index (χ0) is 7.61. The summed E-state index contributed by atoms with van der Waals surface area (Å²) in [5.41, 5.74) is 0. The standard InChI is InChI=1S/C5H5NO3S.Na.H/c7-10(8,9)5-1-3-6-4-2-5;;/h1-4H,(H,7,8,9);;/q;+1;-1. The van der Waals surface area contributed by atoms with Crippen LogP contribution in [0, 0.1) is 0 Å². The van der Waals surface area contributed by atoms with Crippen molar-refractivity contribution in [3.05, 3.63) is 24.5 Å². The third kappa shape index (κ3) is 3.31. The Hall–Kier alpha value is 0.0600. The second kappa shape index (κ2) is 4.18. The predicted octanol–water partition coefficient (Wildman–Crippen LogP) is -2.56. The van der Waals surface area contributed by atoms with E-state index >= 15 is 0 Å². The normalized spacial score (nSPS) is 10.3. The van der Waals surface area contributed by atoms with Gasteiger partial charge in [0, 0.05) is 12.4 Å². The van der Waals surface area contributed by atoms with Gasteiger partial charge in [0.05, 0.1) is 4.90 Å². The Kier molecular flexibility index (Phi) is 4.20. The van der Waals surface area contributed by atoms with Gasteiger partial charge in [-0.1, -0.05) is 0 Å². The first kappa shape index (κ1) is 11.1. The zero-order valence-corrected chi connectivity index (χ0v) is 8.75. The summed E-state index contributed by atoms with van der Waals surface area (Å²) >= 11 is 0. The van der Waals surface area contributed by atoms with Gasteiger partial charge in [-0.15, -0.1) is 0 Å². The summed E-state index contributed by atoms with van der Waals surface area (Å²) < 4.78 is 29.2. The van der Waals surface area contributed by atoms with E-state index in [4.69, 9.17) is 4.55 Å². The smallest absolute Gasteiger partial charge is 1.00 e. The van der Waals surface area contributed by atoms with Gasteiger partial charge < -0.3 is 1.43 Å². The summed E-state index contributed by atoms with van der Waals surface area (Å²) in [6.45, 7) is 0. The summed E-state index contributed by atoms with van der Waals surface area (Å²) in [6.07, 6.45) is 2.59. The molecular weight excluding hydrogens is 177 g/mol. The molecule has 0 amide bonds. The van der Waals surface area contributed by atoms with Crippen molar-refractivity contribution in [1.29, 1.82) is 0 Å². The Morgan fingerprint density at radius 3 is 2.09 bits per heavy atom. The molecule has 0 fully saturated rings. The van der Waals surface area contributed by atoms with E-state index in [1.807, 2.05) is 0 Å². The fourth-order valence-corrected chi connectivity index (χ4v) is 0.976. The summed E-state index contributed by atoms with van der Waals surface area (Å²) in [4.78, 5) is 3.45. The van der Waals surface area contributed by atoms with E-state index in [0.717, 1.165) is 0 Å². The molecule has 1 aromatic heterocycles. The molecule has 4 nitrogen and oxygen atoms in total. The number of aromatic nitrogens is 1. The van der Waals surface area contributed by atoms with Crippen LogP contribution in [-0.4, -0.2) is 18.0 Å². The number of pyridine rings is 1. The Morgan fingerprint density at radius 2 is 1.82 bits per heavy atom. The Bertz CT molecular complexity index is 315. The fourth-order valence-electron chi connectivity index (χ4n) is 0.510. The second-order valence-corrected chi connectivity index (χ2v) is 3.08. The van der Waals surface area contributed by atoms with Crippen LogP contribution in [-0.2, 0) is 10.1 Å². The van der Waals surface area contributed by atoms with E-state index in [1.54, 1.807) is 0 Å². The number of hydrogen-bond acceptors (Lipinski definition) is 3. The molecule has 1 heterocycles. The third-order valence-corrected chi connectivity index (χ3v) is 1.82. The number of rotatable bonds is 1. The van der Waals surface area contributed by atoms with Gasteiger partial charge in [-0.2, -0.15) is 8.42 Å². The van der Waals surface area contributed by atoms with Crippen LogP contribution in [0.15, 0.2) is 29.4 Å². The average Bonchev–Trinajstić information content (AvgIpc) is 1.88. The van der Waals surface area contributed by atoms with Crippen molar-refractivity contribution >= 4 is 10.1 Å². The van der Waals surface area contributed by atoms with Gasteiger partial charge in [-0.05, 0) is 12.1 Å². The average molecular weight is 183 g/mol. The molecule has 0 bridgehead atoms. The predicted molar refractivity (Wildman–Crippen MR) is 35.2 cm³/mol. The summed E-state index contributed by atoms with van der Waals surface area (Å²) in [6, 6.07) is 2.44. The molecule has 0 unspecified atom stereocenters. The molecule has 0 atom stereocenters. The maximum atomic E-state index is 10.4. The van der Waals surface area contributed by atoms with Crippen molar-refractivity contribution in [1.82, 2.24) is 4.98 Å². The first-order valence-corrected chi connectivity index (χ1v) is 3.92. The molecule has 0 aliphatic carbocycles.